The number of benzene rings is 1. The largest absolute Gasteiger partial charge is 0.481 e. The first-order chi connectivity index (χ1) is 12.0. The molecule has 2 aromatic rings. The molecule has 2 N–H and O–H groups in total. The van der Waals surface area contributed by atoms with Gasteiger partial charge in [-0.1, -0.05) is 30.3 Å². The van der Waals surface area contributed by atoms with Crippen molar-refractivity contribution in [2.24, 2.45) is 0 Å². The lowest BCUT2D eigenvalue weighted by Gasteiger charge is -2.34. The summed E-state index contributed by atoms with van der Waals surface area (Å²) in [6.45, 7) is 2.06. The van der Waals surface area contributed by atoms with Crippen LogP contribution in [-0.2, 0) is 16.1 Å². The third-order valence-electron chi connectivity index (χ3n) is 4.27. The Morgan fingerprint density at radius 2 is 2.00 bits per heavy atom. The number of fused-ring (bicyclic) bond motifs is 1. The van der Waals surface area contributed by atoms with E-state index in [4.69, 9.17) is 0 Å². The molecule has 1 aliphatic rings. The number of hydrogen-bond donors (Lipinski definition) is 2. The molecule has 130 valence electrons. The number of carbonyl (C=O) groups is 3. The summed E-state index contributed by atoms with van der Waals surface area (Å²) in [6, 6.07) is 9.98. The number of aliphatic carboxylic acids is 1. The van der Waals surface area contributed by atoms with Gasteiger partial charge in [0.1, 0.15) is 6.04 Å². The van der Waals surface area contributed by atoms with Crippen molar-refractivity contribution < 1.29 is 19.5 Å². The third kappa shape index (κ3) is 3.56. The highest BCUT2D eigenvalue weighted by atomic mass is 32.1. The van der Waals surface area contributed by atoms with Crippen LogP contribution < -0.4 is 5.32 Å². The van der Waals surface area contributed by atoms with Crippen LogP contribution in [0.1, 0.15) is 33.6 Å². The van der Waals surface area contributed by atoms with E-state index in [0.717, 1.165) is 11.1 Å². The SMILES string of the molecule is CC(NC(=O)c1cccs1)C(=O)N1Cc2ccccc2C(C(=O)O)C1. The van der Waals surface area contributed by atoms with Gasteiger partial charge in [-0.05, 0) is 29.5 Å². The number of carbonyl (C=O) groups excluding carboxylic acids is 2. The first kappa shape index (κ1) is 17.2. The van der Waals surface area contributed by atoms with Crippen molar-refractivity contribution in [3.8, 4) is 0 Å². The summed E-state index contributed by atoms with van der Waals surface area (Å²) in [5, 5.41) is 14.0. The molecule has 2 atom stereocenters. The average Bonchev–Trinajstić information content (AvgIpc) is 3.14. The van der Waals surface area contributed by atoms with Crippen LogP contribution in [0, 0.1) is 0 Å². The Labute approximate surface area is 149 Å². The lowest BCUT2D eigenvalue weighted by atomic mass is 9.89. The number of thiophene rings is 1. The van der Waals surface area contributed by atoms with Crippen LogP contribution in [0.3, 0.4) is 0 Å². The van der Waals surface area contributed by atoms with Crippen molar-refractivity contribution in [3.63, 3.8) is 0 Å². The maximum atomic E-state index is 12.7. The van der Waals surface area contributed by atoms with Gasteiger partial charge < -0.3 is 15.3 Å². The predicted octanol–water partition coefficient (Wildman–Crippen LogP) is 2.08. The van der Waals surface area contributed by atoms with Crippen molar-refractivity contribution in [3.05, 3.63) is 57.8 Å². The molecule has 0 saturated carbocycles. The Kier molecular flexibility index (Phi) is 4.85. The van der Waals surface area contributed by atoms with Crippen molar-refractivity contribution in [1.82, 2.24) is 10.2 Å². The highest BCUT2D eigenvalue weighted by Gasteiger charge is 2.34. The van der Waals surface area contributed by atoms with E-state index in [2.05, 4.69) is 5.32 Å². The van der Waals surface area contributed by atoms with Crippen LogP contribution in [0.4, 0.5) is 0 Å². The molecular formula is C18H18N2O4S. The second-order valence-corrected chi connectivity index (χ2v) is 6.93. The Hall–Kier alpha value is -2.67. The summed E-state index contributed by atoms with van der Waals surface area (Å²) in [4.78, 5) is 38.4. The van der Waals surface area contributed by atoms with E-state index in [1.54, 1.807) is 36.6 Å². The number of rotatable bonds is 4. The van der Waals surface area contributed by atoms with Gasteiger partial charge in [0.15, 0.2) is 0 Å². The summed E-state index contributed by atoms with van der Waals surface area (Å²) in [6.07, 6.45) is 0. The Balaban J connectivity index is 1.74. The van der Waals surface area contributed by atoms with Gasteiger partial charge in [0.25, 0.3) is 5.91 Å². The molecule has 1 aromatic heterocycles. The first-order valence-electron chi connectivity index (χ1n) is 7.91. The molecular weight excluding hydrogens is 340 g/mol. The second-order valence-electron chi connectivity index (χ2n) is 5.98. The number of hydrogen-bond acceptors (Lipinski definition) is 4. The van der Waals surface area contributed by atoms with Crippen LogP contribution >= 0.6 is 11.3 Å². The van der Waals surface area contributed by atoms with Gasteiger partial charge in [0, 0.05) is 13.1 Å². The van der Waals surface area contributed by atoms with Gasteiger partial charge in [-0.3, -0.25) is 14.4 Å². The van der Waals surface area contributed by atoms with Gasteiger partial charge in [-0.25, -0.2) is 0 Å². The van der Waals surface area contributed by atoms with Crippen LogP contribution in [0.15, 0.2) is 41.8 Å². The van der Waals surface area contributed by atoms with E-state index in [1.165, 1.54) is 16.2 Å². The first-order valence-corrected chi connectivity index (χ1v) is 8.79. The summed E-state index contributed by atoms with van der Waals surface area (Å²) in [5.41, 5.74) is 1.57. The molecule has 2 amide bonds. The molecule has 1 aliphatic heterocycles. The minimum absolute atomic E-state index is 0.102. The molecule has 0 bridgehead atoms. The van der Waals surface area contributed by atoms with E-state index in [1.807, 2.05) is 12.1 Å². The average molecular weight is 358 g/mol. The van der Waals surface area contributed by atoms with Crippen molar-refractivity contribution in [2.75, 3.05) is 6.54 Å². The molecule has 3 rings (SSSR count). The number of nitrogens with one attached hydrogen (secondary N) is 1. The number of carboxylic acids is 1. The molecule has 0 fully saturated rings. The molecule has 0 saturated heterocycles. The number of carboxylic acid groups (broad SMARTS) is 1. The molecule has 6 nitrogen and oxygen atoms in total. The fourth-order valence-electron chi connectivity index (χ4n) is 3.00. The van der Waals surface area contributed by atoms with E-state index in [-0.39, 0.29) is 18.4 Å². The highest BCUT2D eigenvalue weighted by molar-refractivity contribution is 7.12. The summed E-state index contributed by atoms with van der Waals surface area (Å²) in [5.74, 6) is -2.30. The predicted molar refractivity (Wildman–Crippen MR) is 93.5 cm³/mol. The van der Waals surface area contributed by atoms with E-state index in [9.17, 15) is 19.5 Å². The second kappa shape index (κ2) is 7.06. The molecule has 25 heavy (non-hydrogen) atoms. The molecule has 1 aromatic carbocycles. The lowest BCUT2D eigenvalue weighted by Crippen LogP contribution is -2.49. The van der Waals surface area contributed by atoms with E-state index >= 15 is 0 Å². The van der Waals surface area contributed by atoms with Crippen LogP contribution in [0.25, 0.3) is 0 Å². The van der Waals surface area contributed by atoms with E-state index < -0.39 is 17.9 Å². The molecule has 0 aliphatic carbocycles. The number of nitrogens with zero attached hydrogens (tertiary/aromatic N) is 1. The Bertz CT molecular complexity index is 803. The monoisotopic (exact) mass is 358 g/mol. The molecule has 2 unspecified atom stereocenters. The maximum absolute atomic E-state index is 12.7. The molecule has 7 heteroatoms. The van der Waals surface area contributed by atoms with Crippen LogP contribution in [0.5, 0.6) is 0 Å². The summed E-state index contributed by atoms with van der Waals surface area (Å²) >= 11 is 1.30. The third-order valence-corrected chi connectivity index (χ3v) is 5.14. The van der Waals surface area contributed by atoms with Crippen LogP contribution in [0.2, 0.25) is 0 Å². The van der Waals surface area contributed by atoms with Gasteiger partial charge in [0.05, 0.1) is 10.8 Å². The van der Waals surface area contributed by atoms with Gasteiger partial charge in [0.2, 0.25) is 5.91 Å². The van der Waals surface area contributed by atoms with E-state index in [0.29, 0.717) is 11.4 Å². The van der Waals surface area contributed by atoms with Gasteiger partial charge in [-0.15, -0.1) is 11.3 Å². The fourth-order valence-corrected chi connectivity index (χ4v) is 3.62. The topological polar surface area (TPSA) is 86.7 Å². The summed E-state index contributed by atoms with van der Waals surface area (Å²) < 4.78 is 0. The molecule has 2 heterocycles. The van der Waals surface area contributed by atoms with Gasteiger partial charge in [-0.2, -0.15) is 0 Å². The summed E-state index contributed by atoms with van der Waals surface area (Å²) in [7, 11) is 0. The lowest BCUT2D eigenvalue weighted by molar-refractivity contribution is -0.141. The smallest absolute Gasteiger partial charge is 0.312 e. The maximum Gasteiger partial charge on any atom is 0.312 e. The minimum Gasteiger partial charge on any atom is -0.481 e. The number of amides is 2. The standard InChI is InChI=1S/C18H18N2O4S/c1-11(19-16(21)15-7-4-8-25-15)17(22)20-9-12-5-2-3-6-13(12)14(10-20)18(23)24/h2-8,11,14H,9-10H2,1H3,(H,19,21)(H,23,24). The zero-order chi connectivity index (χ0) is 18.0. The Morgan fingerprint density at radius 1 is 1.24 bits per heavy atom. The van der Waals surface area contributed by atoms with Crippen molar-refractivity contribution in [1.29, 1.82) is 0 Å². The molecule has 0 radical (unpaired) electrons. The zero-order valence-electron chi connectivity index (χ0n) is 13.6. The molecule has 0 spiro atoms. The highest BCUT2D eigenvalue weighted by Crippen LogP contribution is 2.28. The van der Waals surface area contributed by atoms with Crippen LogP contribution in [-0.4, -0.2) is 40.4 Å². The normalized spacial score (nSPS) is 17.5. The quantitative estimate of drug-likeness (QED) is 0.876. The fraction of sp³-hybridized carbons (Fsp3) is 0.278. The zero-order valence-corrected chi connectivity index (χ0v) is 14.5. The van der Waals surface area contributed by atoms with Crippen molar-refractivity contribution in [2.45, 2.75) is 25.4 Å². The minimum atomic E-state index is -0.958. The van der Waals surface area contributed by atoms with Gasteiger partial charge >= 0.3 is 5.97 Å². The van der Waals surface area contributed by atoms with Crippen molar-refractivity contribution >= 4 is 29.1 Å². The Morgan fingerprint density at radius 3 is 2.68 bits per heavy atom.